The smallest absolute Gasteiger partial charge is 0.335 e. The fraction of sp³-hybridized carbons (Fsp3) is 0.286. The van der Waals surface area contributed by atoms with Crippen molar-refractivity contribution >= 4 is 23.1 Å². The average Bonchev–Trinajstić information content (AvgIpc) is 2.77. The van der Waals surface area contributed by atoms with Crippen molar-refractivity contribution in [2.45, 2.75) is 53.4 Å². The Morgan fingerprint density at radius 3 is 1.44 bits per heavy atom. The number of carboxylic acids is 2. The van der Waals surface area contributed by atoms with E-state index in [1.54, 1.807) is 12.2 Å². The summed E-state index contributed by atoms with van der Waals surface area (Å²) in [5.74, 6) is 0.632. The topological polar surface area (TPSA) is 93.1 Å². The van der Waals surface area contributed by atoms with E-state index in [0.29, 0.717) is 47.0 Å². The van der Waals surface area contributed by atoms with Crippen LogP contribution in [0.4, 0.5) is 0 Å². The zero-order chi connectivity index (χ0) is 24.6. The Morgan fingerprint density at radius 2 is 1.09 bits per heavy atom. The molecule has 0 unspecified atom stereocenters. The quantitative estimate of drug-likeness (QED) is 0.526. The molecule has 6 nitrogen and oxygen atoms in total. The van der Waals surface area contributed by atoms with Crippen LogP contribution in [0.15, 0.2) is 47.9 Å². The molecule has 0 amide bonds. The monoisotopic (exact) mass is 460 g/mol. The number of carboxylic acid groups (broad SMARTS) is 2. The summed E-state index contributed by atoms with van der Waals surface area (Å²) in [5.41, 5.74) is 5.91. The van der Waals surface area contributed by atoms with Gasteiger partial charge in [-0.15, -0.1) is 0 Å². The van der Waals surface area contributed by atoms with Crippen LogP contribution < -0.4 is 9.47 Å². The van der Waals surface area contributed by atoms with Crippen LogP contribution in [0.5, 0.6) is 11.5 Å². The Kier molecular flexibility index (Phi) is 6.33. The van der Waals surface area contributed by atoms with Gasteiger partial charge in [-0.3, -0.25) is 0 Å². The van der Waals surface area contributed by atoms with Gasteiger partial charge < -0.3 is 19.7 Å². The summed E-state index contributed by atoms with van der Waals surface area (Å²) < 4.78 is 12.2. The molecule has 34 heavy (non-hydrogen) atoms. The van der Waals surface area contributed by atoms with Gasteiger partial charge in [0.05, 0.1) is 11.1 Å². The molecule has 2 aromatic carbocycles. The van der Waals surface area contributed by atoms with E-state index >= 15 is 0 Å². The van der Waals surface area contributed by atoms with Gasteiger partial charge in [0.2, 0.25) is 0 Å². The number of fused-ring (bicyclic) bond motifs is 2. The van der Waals surface area contributed by atoms with Crippen LogP contribution >= 0.6 is 0 Å². The molecule has 0 aliphatic heterocycles. The number of benzene rings is 2. The van der Waals surface area contributed by atoms with E-state index in [-0.39, 0.29) is 0 Å². The molecule has 0 saturated heterocycles. The van der Waals surface area contributed by atoms with Crippen molar-refractivity contribution in [3.05, 3.63) is 81.3 Å². The Balaban J connectivity index is 1.57. The van der Waals surface area contributed by atoms with Crippen LogP contribution in [0.25, 0.3) is 11.1 Å². The van der Waals surface area contributed by atoms with Crippen molar-refractivity contribution in [3.63, 3.8) is 0 Å². The van der Waals surface area contributed by atoms with Crippen LogP contribution in [-0.4, -0.2) is 22.2 Å². The van der Waals surface area contributed by atoms with Gasteiger partial charge in [0, 0.05) is 0 Å². The first-order valence-electron chi connectivity index (χ1n) is 11.3. The lowest BCUT2D eigenvalue weighted by molar-refractivity contribution is -0.131. The number of allylic oxidation sites excluding steroid dienone is 4. The SMILES string of the molecule is CC(Oc1cc(C)c2c(c1)CCC=C2C(=O)O)=C(C)Oc1cc(C)c2c(c1)CCC=C2C(=O)O. The van der Waals surface area contributed by atoms with Crippen LogP contribution in [-0.2, 0) is 22.4 Å². The zero-order valence-electron chi connectivity index (χ0n) is 19.8. The third-order valence-electron chi connectivity index (χ3n) is 6.34. The molecular formula is C28H28O6. The van der Waals surface area contributed by atoms with Crippen molar-refractivity contribution in [2.24, 2.45) is 0 Å². The molecule has 0 aromatic heterocycles. The fourth-order valence-corrected chi connectivity index (χ4v) is 4.77. The standard InChI is InChI=1S/C28H28O6/c1-15-11-21(13-19-7-5-9-23(25(15)19)27(29)30)33-17(3)18(4)34-22-12-16(2)26-20(14-22)8-6-10-24(26)28(31)32/h9-14H,5-8H2,1-4H3,(H,29,30)(H,31,32). The normalized spacial score (nSPS) is 15.3. The number of rotatable bonds is 6. The Hall–Kier alpha value is -3.80. The third-order valence-corrected chi connectivity index (χ3v) is 6.34. The van der Waals surface area contributed by atoms with Gasteiger partial charge in [-0.25, -0.2) is 9.59 Å². The minimum absolute atomic E-state index is 0.348. The number of aryl methyl sites for hydroxylation is 4. The fourth-order valence-electron chi connectivity index (χ4n) is 4.77. The molecule has 2 aliphatic carbocycles. The van der Waals surface area contributed by atoms with Crippen molar-refractivity contribution in [1.82, 2.24) is 0 Å². The summed E-state index contributed by atoms with van der Waals surface area (Å²) in [6.45, 7) is 7.43. The summed E-state index contributed by atoms with van der Waals surface area (Å²) in [4.78, 5) is 23.2. The lowest BCUT2D eigenvalue weighted by atomic mass is 9.87. The molecule has 6 heteroatoms. The largest absolute Gasteiger partial charge is 0.478 e. The molecule has 2 aliphatic rings. The first-order chi connectivity index (χ1) is 16.2. The van der Waals surface area contributed by atoms with E-state index in [2.05, 4.69) is 0 Å². The number of hydrogen-bond donors (Lipinski definition) is 2. The van der Waals surface area contributed by atoms with Crippen LogP contribution in [0, 0.1) is 13.8 Å². The van der Waals surface area contributed by atoms with Crippen molar-refractivity contribution in [1.29, 1.82) is 0 Å². The number of carbonyl (C=O) groups is 2. The van der Waals surface area contributed by atoms with Crippen molar-refractivity contribution in [3.8, 4) is 11.5 Å². The number of aliphatic carboxylic acids is 2. The summed E-state index contributed by atoms with van der Waals surface area (Å²) in [7, 11) is 0. The maximum Gasteiger partial charge on any atom is 0.335 e. The Morgan fingerprint density at radius 1 is 0.706 bits per heavy atom. The molecule has 0 bridgehead atoms. The van der Waals surface area contributed by atoms with E-state index in [0.717, 1.165) is 46.2 Å². The second kappa shape index (κ2) is 9.21. The summed E-state index contributed by atoms with van der Waals surface area (Å²) >= 11 is 0. The summed E-state index contributed by atoms with van der Waals surface area (Å²) in [5, 5.41) is 19.0. The molecule has 0 radical (unpaired) electrons. The van der Waals surface area contributed by atoms with Crippen LogP contribution in [0.2, 0.25) is 0 Å². The van der Waals surface area contributed by atoms with Gasteiger partial charge in [-0.2, -0.15) is 0 Å². The molecule has 0 heterocycles. The number of ether oxygens (including phenoxy) is 2. The molecular weight excluding hydrogens is 432 g/mol. The van der Waals surface area contributed by atoms with Gasteiger partial charge in [0.1, 0.15) is 23.0 Å². The minimum Gasteiger partial charge on any atom is -0.478 e. The van der Waals surface area contributed by atoms with Crippen LogP contribution in [0.3, 0.4) is 0 Å². The van der Waals surface area contributed by atoms with E-state index in [1.807, 2.05) is 52.0 Å². The molecule has 0 atom stereocenters. The van der Waals surface area contributed by atoms with Crippen molar-refractivity contribution < 1.29 is 29.3 Å². The first-order valence-corrected chi connectivity index (χ1v) is 11.3. The van der Waals surface area contributed by atoms with E-state index < -0.39 is 11.9 Å². The van der Waals surface area contributed by atoms with Gasteiger partial charge in [0.15, 0.2) is 0 Å². The second-order valence-corrected chi connectivity index (χ2v) is 8.79. The van der Waals surface area contributed by atoms with E-state index in [1.165, 1.54) is 0 Å². The molecule has 0 saturated carbocycles. The van der Waals surface area contributed by atoms with Crippen LogP contribution in [0.1, 0.15) is 60.1 Å². The molecule has 2 N–H and O–H groups in total. The highest BCUT2D eigenvalue weighted by molar-refractivity contribution is 6.17. The summed E-state index contributed by atoms with van der Waals surface area (Å²) in [6.07, 6.45) is 6.46. The van der Waals surface area contributed by atoms with E-state index in [4.69, 9.17) is 9.47 Å². The van der Waals surface area contributed by atoms with Gasteiger partial charge >= 0.3 is 11.9 Å². The zero-order valence-corrected chi connectivity index (χ0v) is 19.8. The molecule has 176 valence electrons. The molecule has 2 aromatic rings. The van der Waals surface area contributed by atoms with Gasteiger partial charge in [-0.05, 0) is 111 Å². The molecule has 0 fully saturated rings. The first kappa shape index (κ1) is 23.4. The maximum absolute atomic E-state index is 11.6. The van der Waals surface area contributed by atoms with Crippen molar-refractivity contribution in [2.75, 3.05) is 0 Å². The number of hydrogen-bond acceptors (Lipinski definition) is 4. The Bertz CT molecular complexity index is 1190. The molecule has 4 rings (SSSR count). The van der Waals surface area contributed by atoms with Gasteiger partial charge in [0.25, 0.3) is 0 Å². The average molecular weight is 461 g/mol. The lowest BCUT2D eigenvalue weighted by Crippen LogP contribution is -2.10. The van der Waals surface area contributed by atoms with E-state index in [9.17, 15) is 19.8 Å². The second-order valence-electron chi connectivity index (χ2n) is 8.79. The Labute approximate surface area is 198 Å². The highest BCUT2D eigenvalue weighted by atomic mass is 16.5. The molecule has 0 spiro atoms. The predicted octanol–water partition coefficient (Wildman–Crippen LogP) is 5.84. The minimum atomic E-state index is -0.913. The highest BCUT2D eigenvalue weighted by Gasteiger charge is 2.23. The third kappa shape index (κ3) is 4.49. The maximum atomic E-state index is 11.6. The predicted molar refractivity (Wildman–Crippen MR) is 130 cm³/mol. The summed E-state index contributed by atoms with van der Waals surface area (Å²) in [6, 6.07) is 7.50. The van der Waals surface area contributed by atoms with Gasteiger partial charge in [-0.1, -0.05) is 12.2 Å². The lowest BCUT2D eigenvalue weighted by Gasteiger charge is -2.21. The highest BCUT2D eigenvalue weighted by Crippen LogP contribution is 2.35.